The molecule has 7 heteroatoms. The van der Waals surface area contributed by atoms with Gasteiger partial charge in [-0.1, -0.05) is 6.07 Å². The fourth-order valence-corrected chi connectivity index (χ4v) is 1.85. The van der Waals surface area contributed by atoms with Crippen molar-refractivity contribution in [2.75, 3.05) is 13.2 Å². The van der Waals surface area contributed by atoms with E-state index in [-0.39, 0.29) is 17.0 Å². The molecule has 1 aromatic heterocycles. The van der Waals surface area contributed by atoms with Crippen LogP contribution in [-0.2, 0) is 6.42 Å². The smallest absolute Gasteiger partial charge is 0.271 e. The number of carbonyl (C=O) groups is 1. The summed E-state index contributed by atoms with van der Waals surface area (Å²) in [5.74, 6) is -0.608. The first kappa shape index (κ1) is 15.7. The molecule has 0 saturated heterocycles. The highest BCUT2D eigenvalue weighted by atomic mass is 19.1. The standard InChI is InChI=1S/C15H16FN3O3/c1-2-22-13-5-3-10(9-11(13)16)7-8-17-15(21)12-4-6-14(20)19-18-12/h3-6,9H,2,7-8H2,1H3,(H,17,21)(H,19,20). The molecule has 0 spiro atoms. The maximum Gasteiger partial charge on any atom is 0.271 e. The molecule has 0 aliphatic carbocycles. The highest BCUT2D eigenvalue weighted by Crippen LogP contribution is 2.18. The van der Waals surface area contributed by atoms with Gasteiger partial charge in [-0.2, -0.15) is 5.10 Å². The minimum absolute atomic E-state index is 0.123. The number of nitrogens with zero attached hydrogens (tertiary/aromatic N) is 1. The maximum absolute atomic E-state index is 13.7. The normalized spacial score (nSPS) is 10.3. The highest BCUT2D eigenvalue weighted by Gasteiger charge is 2.08. The van der Waals surface area contributed by atoms with Gasteiger partial charge in [-0.25, -0.2) is 9.49 Å². The summed E-state index contributed by atoms with van der Waals surface area (Å²) in [6, 6.07) is 7.27. The molecule has 0 unspecified atom stereocenters. The Morgan fingerprint density at radius 3 is 2.82 bits per heavy atom. The topological polar surface area (TPSA) is 84.1 Å². The van der Waals surface area contributed by atoms with E-state index in [0.717, 1.165) is 5.56 Å². The number of nitrogens with one attached hydrogen (secondary N) is 2. The Bertz CT molecular complexity index is 695. The lowest BCUT2D eigenvalue weighted by atomic mass is 10.1. The zero-order chi connectivity index (χ0) is 15.9. The highest BCUT2D eigenvalue weighted by molar-refractivity contribution is 5.91. The SMILES string of the molecule is CCOc1ccc(CCNC(=O)c2ccc(=O)[nH]n2)cc1F. The Labute approximate surface area is 126 Å². The Kier molecular flexibility index (Phi) is 5.24. The van der Waals surface area contributed by atoms with E-state index in [1.165, 1.54) is 18.2 Å². The molecule has 0 aliphatic rings. The van der Waals surface area contributed by atoms with Gasteiger partial charge in [0.1, 0.15) is 5.69 Å². The predicted molar refractivity (Wildman–Crippen MR) is 78.5 cm³/mol. The van der Waals surface area contributed by atoms with E-state index in [4.69, 9.17) is 4.74 Å². The van der Waals surface area contributed by atoms with Crippen molar-refractivity contribution in [1.29, 1.82) is 0 Å². The summed E-state index contributed by atoms with van der Waals surface area (Å²) in [4.78, 5) is 22.6. The number of benzene rings is 1. The molecule has 2 rings (SSSR count). The first-order valence-corrected chi connectivity index (χ1v) is 6.85. The molecule has 1 amide bonds. The van der Waals surface area contributed by atoms with Crippen LogP contribution in [0.3, 0.4) is 0 Å². The number of aromatic amines is 1. The van der Waals surface area contributed by atoms with Gasteiger partial charge in [-0.15, -0.1) is 0 Å². The Morgan fingerprint density at radius 1 is 1.36 bits per heavy atom. The third kappa shape index (κ3) is 4.15. The van der Waals surface area contributed by atoms with E-state index in [0.29, 0.717) is 19.6 Å². The molecule has 116 valence electrons. The minimum atomic E-state index is -0.423. The Hall–Kier alpha value is -2.70. The van der Waals surface area contributed by atoms with E-state index in [2.05, 4.69) is 15.5 Å². The molecule has 1 heterocycles. The van der Waals surface area contributed by atoms with Gasteiger partial charge in [0.15, 0.2) is 11.6 Å². The van der Waals surface area contributed by atoms with Gasteiger partial charge in [-0.3, -0.25) is 9.59 Å². The monoisotopic (exact) mass is 305 g/mol. The molecule has 6 nitrogen and oxygen atoms in total. The summed E-state index contributed by atoms with van der Waals surface area (Å²) >= 11 is 0. The van der Waals surface area contributed by atoms with Crippen molar-refractivity contribution in [2.24, 2.45) is 0 Å². The maximum atomic E-state index is 13.7. The third-order valence-electron chi connectivity index (χ3n) is 2.91. The number of ether oxygens (including phenoxy) is 1. The van der Waals surface area contributed by atoms with Crippen LogP contribution in [0.1, 0.15) is 23.0 Å². The van der Waals surface area contributed by atoms with Crippen molar-refractivity contribution in [3.63, 3.8) is 0 Å². The van der Waals surface area contributed by atoms with E-state index in [1.807, 2.05) is 0 Å². The first-order valence-electron chi connectivity index (χ1n) is 6.85. The fraction of sp³-hybridized carbons (Fsp3) is 0.267. The van der Waals surface area contributed by atoms with Gasteiger partial charge in [0.05, 0.1) is 6.61 Å². The molecule has 22 heavy (non-hydrogen) atoms. The lowest BCUT2D eigenvalue weighted by Gasteiger charge is -2.07. The van der Waals surface area contributed by atoms with Crippen LogP contribution in [0.25, 0.3) is 0 Å². The third-order valence-corrected chi connectivity index (χ3v) is 2.91. The van der Waals surface area contributed by atoms with Crippen molar-refractivity contribution in [1.82, 2.24) is 15.5 Å². The lowest BCUT2D eigenvalue weighted by Crippen LogP contribution is -2.27. The van der Waals surface area contributed by atoms with Crippen molar-refractivity contribution in [3.8, 4) is 5.75 Å². The molecule has 0 bridgehead atoms. The average molecular weight is 305 g/mol. The lowest BCUT2D eigenvalue weighted by molar-refractivity contribution is 0.0948. The van der Waals surface area contributed by atoms with E-state index in [9.17, 15) is 14.0 Å². The number of halogens is 1. The van der Waals surface area contributed by atoms with Crippen LogP contribution in [0.5, 0.6) is 5.75 Å². The zero-order valence-electron chi connectivity index (χ0n) is 12.1. The molecule has 0 saturated carbocycles. The van der Waals surface area contributed by atoms with Crippen LogP contribution in [0.2, 0.25) is 0 Å². The van der Waals surface area contributed by atoms with E-state index < -0.39 is 11.7 Å². The van der Waals surface area contributed by atoms with Crippen LogP contribution in [-0.4, -0.2) is 29.3 Å². The van der Waals surface area contributed by atoms with E-state index in [1.54, 1.807) is 19.1 Å². The summed E-state index contributed by atoms with van der Waals surface area (Å²) in [6.07, 6.45) is 0.471. The van der Waals surface area contributed by atoms with Crippen molar-refractivity contribution in [3.05, 3.63) is 57.8 Å². The zero-order valence-corrected chi connectivity index (χ0v) is 12.1. The van der Waals surface area contributed by atoms with Crippen molar-refractivity contribution < 1.29 is 13.9 Å². The molecule has 0 fully saturated rings. The number of hydrogen-bond donors (Lipinski definition) is 2. The van der Waals surface area contributed by atoms with Crippen molar-refractivity contribution >= 4 is 5.91 Å². The second-order valence-corrected chi connectivity index (χ2v) is 4.51. The molecule has 0 radical (unpaired) electrons. The van der Waals surface area contributed by atoms with Crippen LogP contribution in [0, 0.1) is 5.82 Å². The number of rotatable bonds is 6. The number of H-pyrrole nitrogens is 1. The Balaban J connectivity index is 1.88. The van der Waals surface area contributed by atoms with Gasteiger partial charge in [0, 0.05) is 12.6 Å². The Morgan fingerprint density at radius 2 is 2.18 bits per heavy atom. The molecule has 1 aromatic carbocycles. The quantitative estimate of drug-likeness (QED) is 0.842. The van der Waals surface area contributed by atoms with Crippen LogP contribution >= 0.6 is 0 Å². The second kappa shape index (κ2) is 7.35. The number of carbonyl (C=O) groups excluding carboxylic acids is 1. The summed E-state index contributed by atoms with van der Waals surface area (Å²) in [5.41, 5.74) is 0.495. The summed E-state index contributed by atoms with van der Waals surface area (Å²) < 4.78 is 18.8. The predicted octanol–water partition coefficient (Wildman–Crippen LogP) is 1.28. The molecule has 2 N–H and O–H groups in total. The minimum Gasteiger partial charge on any atom is -0.491 e. The van der Waals surface area contributed by atoms with Gasteiger partial charge >= 0.3 is 0 Å². The van der Waals surface area contributed by atoms with E-state index >= 15 is 0 Å². The summed E-state index contributed by atoms with van der Waals surface area (Å²) in [6.45, 7) is 2.51. The van der Waals surface area contributed by atoms with Gasteiger partial charge < -0.3 is 10.1 Å². The summed E-state index contributed by atoms with van der Waals surface area (Å²) in [7, 11) is 0. The van der Waals surface area contributed by atoms with Crippen LogP contribution < -0.4 is 15.6 Å². The molecular weight excluding hydrogens is 289 g/mol. The largest absolute Gasteiger partial charge is 0.491 e. The number of aromatic nitrogens is 2. The van der Waals surface area contributed by atoms with Gasteiger partial charge in [0.25, 0.3) is 11.5 Å². The number of hydrogen-bond acceptors (Lipinski definition) is 4. The molecule has 0 atom stereocenters. The molecule has 0 aliphatic heterocycles. The average Bonchev–Trinajstić information content (AvgIpc) is 2.50. The first-order chi connectivity index (χ1) is 10.6. The molecular formula is C15H16FN3O3. The van der Waals surface area contributed by atoms with Crippen LogP contribution in [0.4, 0.5) is 4.39 Å². The van der Waals surface area contributed by atoms with Crippen molar-refractivity contribution in [2.45, 2.75) is 13.3 Å². The molecule has 2 aromatic rings. The fourth-order valence-electron chi connectivity index (χ4n) is 1.85. The second-order valence-electron chi connectivity index (χ2n) is 4.51. The van der Waals surface area contributed by atoms with Crippen LogP contribution in [0.15, 0.2) is 35.1 Å². The number of amides is 1. The van der Waals surface area contributed by atoms with Gasteiger partial charge in [0.2, 0.25) is 0 Å². The van der Waals surface area contributed by atoms with Gasteiger partial charge in [-0.05, 0) is 37.1 Å². The summed E-state index contributed by atoms with van der Waals surface area (Å²) in [5, 5.41) is 8.46.